The van der Waals surface area contributed by atoms with E-state index in [0.29, 0.717) is 28.1 Å². The minimum atomic E-state index is -0.851. The van der Waals surface area contributed by atoms with Gasteiger partial charge in [0.15, 0.2) is 5.82 Å². The lowest BCUT2D eigenvalue weighted by Crippen LogP contribution is -2.24. The molecule has 6 aromatic rings. The predicted molar refractivity (Wildman–Crippen MR) is 152 cm³/mol. The molecule has 9 nitrogen and oxygen atoms in total. The molecule has 6 rings (SSSR count). The molecule has 3 aromatic heterocycles. The van der Waals surface area contributed by atoms with Gasteiger partial charge in [0.2, 0.25) is 0 Å². The van der Waals surface area contributed by atoms with Gasteiger partial charge >= 0.3 is 5.97 Å². The standard InChI is InChI=1S/C31H23N5O4/c1-2-40-31(39)19-14-15-27(36-26-13-6-5-11-23(26)34-29(36)24-12-7-8-16-32-24)25(17-19)35-30(38)28(37)21-18-33-22-10-4-3-9-20(21)22/h3-18,33H,2H2,1H3,(H,35,38). The van der Waals surface area contributed by atoms with Gasteiger partial charge in [-0.3, -0.25) is 19.1 Å². The number of rotatable bonds is 7. The summed E-state index contributed by atoms with van der Waals surface area (Å²) in [6.45, 7) is 1.91. The number of pyridine rings is 1. The Balaban J connectivity index is 1.49. The number of aromatic nitrogens is 4. The van der Waals surface area contributed by atoms with Crippen molar-refractivity contribution in [3.63, 3.8) is 0 Å². The van der Waals surface area contributed by atoms with Crippen molar-refractivity contribution in [3.8, 4) is 17.2 Å². The van der Waals surface area contributed by atoms with Gasteiger partial charge in [0, 0.05) is 23.3 Å². The number of amides is 1. The number of esters is 1. The topological polar surface area (TPSA) is 119 Å². The number of nitrogens with zero attached hydrogens (tertiary/aromatic N) is 3. The van der Waals surface area contributed by atoms with E-state index in [-0.39, 0.29) is 23.4 Å². The zero-order valence-corrected chi connectivity index (χ0v) is 21.4. The number of aromatic amines is 1. The molecule has 0 aliphatic carbocycles. The number of carbonyl (C=O) groups is 3. The van der Waals surface area contributed by atoms with Crippen molar-refractivity contribution >= 4 is 45.3 Å². The lowest BCUT2D eigenvalue weighted by atomic mass is 10.1. The van der Waals surface area contributed by atoms with Crippen LogP contribution in [0.2, 0.25) is 0 Å². The summed E-state index contributed by atoms with van der Waals surface area (Å²) in [6, 6.07) is 25.1. The smallest absolute Gasteiger partial charge is 0.338 e. The maximum Gasteiger partial charge on any atom is 0.338 e. The zero-order chi connectivity index (χ0) is 27.6. The molecule has 0 radical (unpaired) electrons. The van der Waals surface area contributed by atoms with Crippen molar-refractivity contribution in [1.82, 2.24) is 19.5 Å². The molecule has 3 heterocycles. The van der Waals surface area contributed by atoms with E-state index in [1.807, 2.05) is 59.2 Å². The van der Waals surface area contributed by atoms with E-state index >= 15 is 0 Å². The Kier molecular flexibility index (Phi) is 6.37. The molecule has 0 unspecified atom stereocenters. The molecule has 0 spiro atoms. The van der Waals surface area contributed by atoms with Gasteiger partial charge in [-0.05, 0) is 55.5 Å². The van der Waals surface area contributed by atoms with E-state index in [9.17, 15) is 14.4 Å². The summed E-state index contributed by atoms with van der Waals surface area (Å²) in [5.74, 6) is -1.58. The fourth-order valence-corrected chi connectivity index (χ4v) is 4.67. The summed E-state index contributed by atoms with van der Waals surface area (Å²) in [7, 11) is 0. The Bertz CT molecular complexity index is 1910. The van der Waals surface area contributed by atoms with Crippen LogP contribution in [0, 0.1) is 0 Å². The lowest BCUT2D eigenvalue weighted by Gasteiger charge is -2.16. The normalized spacial score (nSPS) is 11.0. The monoisotopic (exact) mass is 529 g/mol. The van der Waals surface area contributed by atoms with Gasteiger partial charge in [0.25, 0.3) is 11.7 Å². The number of ketones is 1. The van der Waals surface area contributed by atoms with Gasteiger partial charge in [-0.1, -0.05) is 36.4 Å². The van der Waals surface area contributed by atoms with Crippen molar-refractivity contribution in [2.24, 2.45) is 0 Å². The highest BCUT2D eigenvalue weighted by atomic mass is 16.5. The SMILES string of the molecule is CCOC(=O)c1ccc(-n2c(-c3ccccn3)nc3ccccc32)c(NC(=O)C(=O)c2c[nH]c3ccccc23)c1. The van der Waals surface area contributed by atoms with Crippen LogP contribution in [0.25, 0.3) is 39.1 Å². The highest BCUT2D eigenvalue weighted by Gasteiger charge is 2.24. The second-order valence-corrected chi connectivity index (χ2v) is 8.96. The second kappa shape index (κ2) is 10.3. The Labute approximate surface area is 228 Å². The zero-order valence-electron chi connectivity index (χ0n) is 21.4. The number of nitrogens with one attached hydrogen (secondary N) is 2. The number of anilines is 1. The molecule has 0 bridgehead atoms. The third-order valence-corrected chi connectivity index (χ3v) is 6.49. The number of hydrogen-bond donors (Lipinski definition) is 2. The van der Waals surface area contributed by atoms with E-state index in [2.05, 4.69) is 15.3 Å². The van der Waals surface area contributed by atoms with Crippen molar-refractivity contribution < 1.29 is 19.1 Å². The van der Waals surface area contributed by atoms with Crippen LogP contribution in [0.15, 0.2) is 97.3 Å². The fraction of sp³-hybridized carbons (Fsp3) is 0.0645. The average molecular weight is 530 g/mol. The summed E-state index contributed by atoms with van der Waals surface area (Å²) in [5, 5.41) is 3.39. The van der Waals surface area contributed by atoms with Crippen LogP contribution in [-0.4, -0.2) is 43.8 Å². The summed E-state index contributed by atoms with van der Waals surface area (Å²) in [5.41, 5.74) is 4.04. The number of fused-ring (bicyclic) bond motifs is 2. The molecule has 9 heteroatoms. The molecule has 0 atom stereocenters. The first kappa shape index (κ1) is 24.7. The Morgan fingerprint density at radius 3 is 2.58 bits per heavy atom. The molecule has 3 aromatic carbocycles. The van der Waals surface area contributed by atoms with Crippen molar-refractivity contribution in [2.75, 3.05) is 11.9 Å². The van der Waals surface area contributed by atoms with Crippen molar-refractivity contribution in [2.45, 2.75) is 6.92 Å². The molecule has 40 heavy (non-hydrogen) atoms. The quantitative estimate of drug-likeness (QED) is 0.159. The minimum absolute atomic E-state index is 0.192. The van der Waals surface area contributed by atoms with E-state index in [0.717, 1.165) is 11.0 Å². The molecule has 0 saturated carbocycles. The van der Waals surface area contributed by atoms with Crippen LogP contribution in [0.1, 0.15) is 27.6 Å². The predicted octanol–water partition coefficient (Wildman–Crippen LogP) is 5.57. The minimum Gasteiger partial charge on any atom is -0.462 e. The third-order valence-electron chi connectivity index (χ3n) is 6.49. The first-order valence-electron chi connectivity index (χ1n) is 12.7. The molecule has 2 N–H and O–H groups in total. The van der Waals surface area contributed by atoms with Gasteiger partial charge in [0.05, 0.1) is 40.1 Å². The number of carbonyl (C=O) groups excluding carboxylic acids is 3. The van der Waals surface area contributed by atoms with Crippen LogP contribution >= 0.6 is 0 Å². The first-order valence-corrected chi connectivity index (χ1v) is 12.7. The molecule has 0 aliphatic heterocycles. The summed E-state index contributed by atoms with van der Waals surface area (Å²) in [4.78, 5) is 51.6. The molecular weight excluding hydrogens is 506 g/mol. The second-order valence-electron chi connectivity index (χ2n) is 8.96. The summed E-state index contributed by atoms with van der Waals surface area (Å²) < 4.78 is 7.03. The fourth-order valence-electron chi connectivity index (χ4n) is 4.67. The van der Waals surface area contributed by atoms with Crippen LogP contribution in [0.5, 0.6) is 0 Å². The van der Waals surface area contributed by atoms with E-state index < -0.39 is 17.7 Å². The number of para-hydroxylation sites is 3. The summed E-state index contributed by atoms with van der Waals surface area (Å²) >= 11 is 0. The van der Waals surface area contributed by atoms with Gasteiger partial charge in [0.1, 0.15) is 5.69 Å². The molecule has 1 amide bonds. The lowest BCUT2D eigenvalue weighted by molar-refractivity contribution is -0.112. The maximum atomic E-state index is 13.4. The number of benzene rings is 3. The third kappa shape index (κ3) is 4.39. The van der Waals surface area contributed by atoms with Crippen molar-refractivity contribution in [3.05, 3.63) is 108 Å². The van der Waals surface area contributed by atoms with E-state index in [1.165, 1.54) is 12.3 Å². The highest BCUT2D eigenvalue weighted by molar-refractivity contribution is 6.48. The Hall–Kier alpha value is -5.57. The van der Waals surface area contributed by atoms with Crippen molar-refractivity contribution in [1.29, 1.82) is 0 Å². The molecule has 0 saturated heterocycles. The Morgan fingerprint density at radius 2 is 1.75 bits per heavy atom. The maximum absolute atomic E-state index is 13.4. The molecule has 0 fully saturated rings. The largest absolute Gasteiger partial charge is 0.462 e. The van der Waals surface area contributed by atoms with Gasteiger partial charge in [-0.15, -0.1) is 0 Å². The van der Waals surface area contributed by atoms with Gasteiger partial charge < -0.3 is 15.0 Å². The van der Waals surface area contributed by atoms with Gasteiger partial charge in [-0.25, -0.2) is 9.78 Å². The van der Waals surface area contributed by atoms with Gasteiger partial charge in [-0.2, -0.15) is 0 Å². The first-order chi connectivity index (χ1) is 19.5. The molecule has 0 aliphatic rings. The van der Waals surface area contributed by atoms with Crippen LogP contribution in [0.3, 0.4) is 0 Å². The molecular formula is C31H23N5O4. The van der Waals surface area contributed by atoms with Crippen LogP contribution < -0.4 is 5.32 Å². The van der Waals surface area contributed by atoms with Crippen LogP contribution in [-0.2, 0) is 9.53 Å². The highest BCUT2D eigenvalue weighted by Crippen LogP contribution is 2.32. The van der Waals surface area contributed by atoms with E-state index in [1.54, 1.807) is 37.4 Å². The summed E-state index contributed by atoms with van der Waals surface area (Å²) in [6.07, 6.45) is 3.19. The molecule has 196 valence electrons. The average Bonchev–Trinajstić information content (AvgIpc) is 3.59. The number of ether oxygens (including phenoxy) is 1. The number of H-pyrrole nitrogens is 1. The number of imidazole rings is 1. The number of Topliss-reactive ketones (excluding diaryl/α,β-unsaturated/α-hetero) is 1. The van der Waals surface area contributed by atoms with E-state index in [4.69, 9.17) is 9.72 Å². The number of hydrogen-bond acceptors (Lipinski definition) is 6. The van der Waals surface area contributed by atoms with Crippen LogP contribution in [0.4, 0.5) is 5.69 Å². The Morgan fingerprint density at radius 1 is 0.950 bits per heavy atom.